The Morgan fingerprint density at radius 3 is 2.43 bits per heavy atom. The summed E-state index contributed by atoms with van der Waals surface area (Å²) in [5, 5.41) is 20.5. The number of fused-ring (bicyclic) bond motifs is 4. The number of benzene rings is 2. The van der Waals surface area contributed by atoms with Crippen LogP contribution < -0.4 is 14.2 Å². The molecule has 0 aliphatic carbocycles. The predicted octanol–water partition coefficient (Wildman–Crippen LogP) is 3.04. The topological polar surface area (TPSA) is 121 Å². The highest BCUT2D eigenvalue weighted by molar-refractivity contribution is 6.02. The van der Waals surface area contributed by atoms with E-state index in [4.69, 9.17) is 23.7 Å². The average molecular weight is 416 g/mol. The van der Waals surface area contributed by atoms with Crippen LogP contribution in [0.25, 0.3) is 0 Å². The maximum Gasteiger partial charge on any atom is 0.347 e. The zero-order chi connectivity index (χ0) is 21.7. The van der Waals surface area contributed by atoms with Gasteiger partial charge in [0.05, 0.1) is 24.8 Å². The molecule has 0 amide bonds. The van der Waals surface area contributed by atoms with E-state index in [-0.39, 0.29) is 57.4 Å². The van der Waals surface area contributed by atoms with Gasteiger partial charge in [-0.3, -0.25) is 0 Å². The van der Waals surface area contributed by atoms with Crippen molar-refractivity contribution in [3.63, 3.8) is 0 Å². The molecule has 0 radical (unpaired) electrons. The largest absolute Gasteiger partial charge is 0.507 e. The summed E-state index contributed by atoms with van der Waals surface area (Å²) in [6.07, 6.45) is -1.15. The molecule has 1 atom stereocenters. The minimum atomic E-state index is -1.15. The fourth-order valence-electron chi connectivity index (χ4n) is 3.71. The number of cyclic esters (lactones) is 1. The molecule has 2 N–H and O–H groups in total. The van der Waals surface area contributed by atoms with E-state index >= 15 is 0 Å². The minimum absolute atomic E-state index is 0.000877. The summed E-state index contributed by atoms with van der Waals surface area (Å²) in [5.41, 5.74) is 0.972. The number of aromatic hydroxyl groups is 1. The first-order valence-electron chi connectivity index (χ1n) is 9.27. The van der Waals surface area contributed by atoms with Gasteiger partial charge in [0.2, 0.25) is 6.29 Å². The van der Waals surface area contributed by atoms with Crippen LogP contribution in [0.3, 0.4) is 0 Å². The van der Waals surface area contributed by atoms with E-state index in [0.29, 0.717) is 11.3 Å². The molecule has 2 aromatic carbocycles. The molecule has 0 saturated carbocycles. The van der Waals surface area contributed by atoms with E-state index in [1.165, 1.54) is 14.0 Å². The Morgan fingerprint density at radius 1 is 1.07 bits per heavy atom. The molecule has 4 rings (SSSR count). The molecule has 0 bridgehead atoms. The zero-order valence-corrected chi connectivity index (χ0v) is 16.8. The van der Waals surface area contributed by atoms with Gasteiger partial charge in [-0.2, -0.15) is 0 Å². The number of phenolic OH excluding ortho intramolecular Hbond substituents is 1. The van der Waals surface area contributed by atoms with Gasteiger partial charge in [-0.15, -0.1) is 0 Å². The molecule has 0 unspecified atom stereocenters. The summed E-state index contributed by atoms with van der Waals surface area (Å²) >= 11 is 0. The van der Waals surface area contributed by atoms with E-state index < -0.39 is 24.8 Å². The third-order valence-corrected chi connectivity index (χ3v) is 5.15. The highest BCUT2D eigenvalue weighted by atomic mass is 16.7. The maximum atomic E-state index is 13.0. The van der Waals surface area contributed by atoms with Crippen LogP contribution in [0.2, 0.25) is 0 Å². The molecular formula is C21H20O9. The highest BCUT2D eigenvalue weighted by Crippen LogP contribution is 2.54. The summed E-state index contributed by atoms with van der Waals surface area (Å²) in [4.78, 5) is 25.4. The van der Waals surface area contributed by atoms with Gasteiger partial charge in [0.25, 0.3) is 0 Å². The number of hydrogen-bond donors (Lipinski definition) is 2. The second-order valence-electron chi connectivity index (χ2n) is 6.84. The van der Waals surface area contributed by atoms with Gasteiger partial charge in [-0.05, 0) is 32.4 Å². The smallest absolute Gasteiger partial charge is 0.347 e. The molecular weight excluding hydrogens is 396 g/mol. The lowest BCUT2D eigenvalue weighted by molar-refractivity contribution is -0.0999. The predicted molar refractivity (Wildman–Crippen MR) is 101 cm³/mol. The van der Waals surface area contributed by atoms with Crippen LogP contribution in [0.15, 0.2) is 6.07 Å². The van der Waals surface area contributed by atoms with Crippen molar-refractivity contribution in [2.24, 2.45) is 0 Å². The molecule has 2 aliphatic heterocycles. The van der Waals surface area contributed by atoms with Gasteiger partial charge < -0.3 is 33.9 Å². The fraction of sp³-hybridized carbons (Fsp3) is 0.333. The minimum Gasteiger partial charge on any atom is -0.507 e. The van der Waals surface area contributed by atoms with Crippen molar-refractivity contribution < 1.29 is 43.5 Å². The second-order valence-corrected chi connectivity index (χ2v) is 6.84. The first kappa shape index (κ1) is 20.0. The Balaban J connectivity index is 2.05. The fourth-order valence-corrected chi connectivity index (χ4v) is 3.71. The Hall–Kier alpha value is -3.30. The molecule has 158 valence electrons. The van der Waals surface area contributed by atoms with Crippen molar-refractivity contribution in [1.29, 1.82) is 0 Å². The number of aryl methyl sites for hydroxylation is 1. The lowest BCUT2D eigenvalue weighted by atomic mass is 10.0. The molecule has 0 saturated heterocycles. The summed E-state index contributed by atoms with van der Waals surface area (Å²) in [6, 6.07) is 1.59. The van der Waals surface area contributed by atoms with Gasteiger partial charge in [0, 0.05) is 12.2 Å². The van der Waals surface area contributed by atoms with Gasteiger partial charge >= 0.3 is 11.9 Å². The van der Waals surface area contributed by atoms with E-state index in [1.807, 2.05) is 0 Å². The summed E-state index contributed by atoms with van der Waals surface area (Å²) < 4.78 is 27.7. The molecule has 30 heavy (non-hydrogen) atoms. The first-order chi connectivity index (χ1) is 14.3. The van der Waals surface area contributed by atoms with Crippen molar-refractivity contribution in [3.8, 4) is 28.7 Å². The second kappa shape index (κ2) is 7.19. The van der Waals surface area contributed by atoms with Crippen LogP contribution in [-0.2, 0) is 16.1 Å². The Kier molecular flexibility index (Phi) is 4.79. The first-order valence-corrected chi connectivity index (χ1v) is 9.27. The number of ether oxygens (including phenoxy) is 5. The third kappa shape index (κ3) is 2.70. The lowest BCUT2D eigenvalue weighted by Crippen LogP contribution is -2.11. The van der Waals surface area contributed by atoms with Gasteiger partial charge in [-0.1, -0.05) is 0 Å². The molecule has 9 heteroatoms. The highest BCUT2D eigenvalue weighted by Gasteiger charge is 2.43. The number of aliphatic hydroxyl groups is 1. The normalized spacial score (nSPS) is 16.6. The summed E-state index contributed by atoms with van der Waals surface area (Å²) in [6.45, 7) is 4.62. The SMILES string of the molecule is CCO[C@H]1OC(=O)c2c(O)c(C)c3c(c21)Oc1c(CO)c(OC)cc(C)c1C(=O)O3. The number of aliphatic hydroxyl groups excluding tert-OH is 1. The molecule has 2 heterocycles. The van der Waals surface area contributed by atoms with Crippen molar-refractivity contribution in [2.45, 2.75) is 33.7 Å². The third-order valence-electron chi connectivity index (χ3n) is 5.15. The number of esters is 2. The number of carbonyl (C=O) groups excluding carboxylic acids is 2. The summed E-state index contributed by atoms with van der Waals surface area (Å²) in [5.74, 6) is -1.59. The van der Waals surface area contributed by atoms with Crippen molar-refractivity contribution >= 4 is 11.9 Å². The quantitative estimate of drug-likeness (QED) is 0.572. The van der Waals surface area contributed by atoms with Crippen molar-refractivity contribution in [3.05, 3.63) is 39.4 Å². The molecule has 9 nitrogen and oxygen atoms in total. The van der Waals surface area contributed by atoms with Crippen LogP contribution in [0, 0.1) is 13.8 Å². The lowest BCUT2D eigenvalue weighted by Gasteiger charge is -2.19. The monoisotopic (exact) mass is 416 g/mol. The van der Waals surface area contributed by atoms with Crippen LogP contribution in [0.5, 0.6) is 28.7 Å². The van der Waals surface area contributed by atoms with E-state index in [0.717, 1.165) is 0 Å². The van der Waals surface area contributed by atoms with Gasteiger partial charge in [-0.25, -0.2) is 9.59 Å². The maximum absolute atomic E-state index is 13.0. The summed E-state index contributed by atoms with van der Waals surface area (Å²) in [7, 11) is 1.43. The number of hydrogen-bond acceptors (Lipinski definition) is 9. The number of phenols is 1. The molecule has 2 aromatic rings. The van der Waals surface area contributed by atoms with Crippen LogP contribution in [0.1, 0.15) is 56.2 Å². The Bertz CT molecular complexity index is 1090. The van der Waals surface area contributed by atoms with Gasteiger partial charge in [0.15, 0.2) is 17.2 Å². The zero-order valence-electron chi connectivity index (χ0n) is 16.8. The average Bonchev–Trinajstić information content (AvgIpc) is 2.94. The van der Waals surface area contributed by atoms with Crippen molar-refractivity contribution in [2.75, 3.05) is 13.7 Å². The number of carbonyl (C=O) groups is 2. The van der Waals surface area contributed by atoms with Gasteiger partial charge in [0.1, 0.15) is 22.6 Å². The molecule has 2 aliphatic rings. The van der Waals surface area contributed by atoms with Crippen LogP contribution in [0.4, 0.5) is 0 Å². The van der Waals surface area contributed by atoms with E-state index in [1.54, 1.807) is 19.9 Å². The standard InChI is InChI=1S/C21H20O9/c1-5-27-21-14-13(20(25)30-21)15(23)9(3)16-18(14)28-17-10(7-22)11(26-4)6-8(2)12(17)19(24)29-16/h6,21-23H,5,7H2,1-4H3/t21-/m0/s1. The number of methoxy groups -OCH3 is 1. The van der Waals surface area contributed by atoms with E-state index in [9.17, 15) is 19.8 Å². The van der Waals surface area contributed by atoms with Crippen LogP contribution >= 0.6 is 0 Å². The molecule has 0 spiro atoms. The molecule has 0 aromatic heterocycles. The van der Waals surface area contributed by atoms with Crippen LogP contribution in [-0.4, -0.2) is 35.9 Å². The number of rotatable bonds is 4. The molecule has 0 fully saturated rings. The van der Waals surface area contributed by atoms with E-state index in [2.05, 4.69) is 0 Å². The van der Waals surface area contributed by atoms with Crippen molar-refractivity contribution in [1.82, 2.24) is 0 Å². The Morgan fingerprint density at radius 2 is 1.80 bits per heavy atom. The Labute approximate surface area is 171 Å².